The van der Waals surface area contributed by atoms with Crippen molar-refractivity contribution < 1.29 is 78.7 Å². The summed E-state index contributed by atoms with van der Waals surface area (Å²) in [5.41, 5.74) is 0. The minimum atomic E-state index is -5.08. The van der Waals surface area contributed by atoms with E-state index >= 15 is 0 Å². The summed E-state index contributed by atoms with van der Waals surface area (Å²) in [5, 5.41) is 24.4. The summed E-state index contributed by atoms with van der Waals surface area (Å²) in [6.45, 7) is 3.53. The summed E-state index contributed by atoms with van der Waals surface area (Å²) in [7, 11) is 1.65. The molecule has 1 aliphatic rings. The molecule has 1 aliphatic heterocycles. The third-order valence-electron chi connectivity index (χ3n) is 2.48. The molecule has 0 aliphatic carbocycles. The lowest BCUT2D eigenvalue weighted by Crippen LogP contribution is -2.48. The molecule has 32 heavy (non-hydrogen) atoms. The minimum absolute atomic E-state index is 0.174. The molecule has 1 heterocycles. The average Bonchev–Trinajstić information content (AvgIpc) is 2.60. The van der Waals surface area contributed by atoms with Crippen molar-refractivity contribution in [1.82, 2.24) is 10.2 Å². The van der Waals surface area contributed by atoms with Gasteiger partial charge in [-0.3, -0.25) is 4.79 Å². The number of hydrogen-bond acceptors (Lipinski definition) is 6. The van der Waals surface area contributed by atoms with Gasteiger partial charge in [-0.2, -0.15) is 39.5 Å². The van der Waals surface area contributed by atoms with Crippen molar-refractivity contribution in [2.24, 2.45) is 0 Å². The number of rotatable bonds is 3. The van der Waals surface area contributed by atoms with E-state index in [9.17, 15) is 44.3 Å². The van der Waals surface area contributed by atoms with Crippen LogP contribution in [-0.2, 0) is 23.9 Å². The van der Waals surface area contributed by atoms with Gasteiger partial charge in [0.2, 0.25) is 5.91 Å². The number of nitrogens with one attached hydrogen (secondary N) is 1. The van der Waals surface area contributed by atoms with E-state index in [1.807, 2.05) is 4.90 Å². The molecule has 0 aromatic rings. The zero-order valence-corrected chi connectivity index (χ0v) is 15.8. The predicted molar refractivity (Wildman–Crippen MR) is 82.4 cm³/mol. The van der Waals surface area contributed by atoms with E-state index in [1.54, 1.807) is 7.11 Å². The Hall–Kier alpha value is -2.83. The molecule has 190 valence electrons. The molecule has 0 spiro atoms. The van der Waals surface area contributed by atoms with Crippen LogP contribution in [0.15, 0.2) is 0 Å². The molecular weight excluding hydrogens is 483 g/mol. The Kier molecular flexibility index (Phi) is 15.9. The summed E-state index contributed by atoms with van der Waals surface area (Å²) in [4.78, 5) is 39.6. The standard InChI is InChI=1S/C7H14N2O2.3C2HF3O2/c1-11-5-4-9-3-2-8-6-7(9)10;3*3-2(4,5)1(6)7/h8H,2-6H2,1H3;3*(H,6,7). The molecule has 1 fully saturated rings. The number of methoxy groups -OCH3 is 1. The van der Waals surface area contributed by atoms with Crippen LogP contribution in [-0.4, -0.2) is 102 Å². The number of aliphatic carboxylic acids is 3. The number of alkyl halides is 9. The van der Waals surface area contributed by atoms with Gasteiger partial charge in [-0.1, -0.05) is 0 Å². The zero-order chi connectivity index (χ0) is 26.3. The van der Waals surface area contributed by atoms with Gasteiger partial charge in [-0.25, -0.2) is 14.4 Å². The molecule has 4 N–H and O–H groups in total. The van der Waals surface area contributed by atoms with Gasteiger partial charge in [0.15, 0.2) is 0 Å². The Balaban J connectivity index is -0.000000361. The van der Waals surface area contributed by atoms with Crippen LogP contribution in [0.4, 0.5) is 39.5 Å². The molecule has 19 heteroatoms. The Morgan fingerprint density at radius 3 is 1.41 bits per heavy atom. The number of halogens is 9. The fraction of sp³-hybridized carbons (Fsp3) is 0.692. The maximum Gasteiger partial charge on any atom is 0.490 e. The van der Waals surface area contributed by atoms with Gasteiger partial charge < -0.3 is 30.3 Å². The maximum absolute atomic E-state index is 11.1. The van der Waals surface area contributed by atoms with E-state index in [0.29, 0.717) is 13.2 Å². The van der Waals surface area contributed by atoms with Crippen molar-refractivity contribution in [1.29, 1.82) is 0 Å². The molecule has 0 unspecified atom stereocenters. The molecule has 10 nitrogen and oxygen atoms in total. The average molecular weight is 500 g/mol. The fourth-order valence-electron chi connectivity index (χ4n) is 1.08. The Morgan fingerprint density at radius 1 is 0.875 bits per heavy atom. The summed E-state index contributed by atoms with van der Waals surface area (Å²) >= 11 is 0. The second-order valence-corrected chi connectivity index (χ2v) is 4.96. The first-order valence-corrected chi connectivity index (χ1v) is 7.55. The Labute approximate surface area is 172 Å². The molecule has 1 saturated heterocycles. The van der Waals surface area contributed by atoms with Gasteiger partial charge >= 0.3 is 36.4 Å². The first kappa shape index (κ1) is 33.8. The van der Waals surface area contributed by atoms with Crippen molar-refractivity contribution in [2.45, 2.75) is 18.5 Å². The number of carboxylic acids is 3. The monoisotopic (exact) mass is 500 g/mol. The van der Waals surface area contributed by atoms with Gasteiger partial charge in [0.1, 0.15) is 0 Å². The van der Waals surface area contributed by atoms with Gasteiger partial charge in [-0.15, -0.1) is 0 Å². The van der Waals surface area contributed by atoms with E-state index in [2.05, 4.69) is 5.32 Å². The molecule has 0 aromatic heterocycles. The lowest BCUT2D eigenvalue weighted by atomic mass is 10.3. The number of carbonyl (C=O) groups is 4. The topological polar surface area (TPSA) is 153 Å². The number of carbonyl (C=O) groups excluding carboxylic acids is 1. The van der Waals surface area contributed by atoms with Gasteiger partial charge in [0.05, 0.1) is 13.2 Å². The third-order valence-corrected chi connectivity index (χ3v) is 2.48. The maximum atomic E-state index is 11.1. The largest absolute Gasteiger partial charge is 0.490 e. The number of ether oxygens (including phenoxy) is 1. The second-order valence-electron chi connectivity index (χ2n) is 4.96. The molecular formula is C13H17F9N2O8. The molecule has 0 aromatic carbocycles. The zero-order valence-electron chi connectivity index (χ0n) is 15.8. The van der Waals surface area contributed by atoms with Crippen LogP contribution < -0.4 is 5.32 Å². The van der Waals surface area contributed by atoms with Crippen LogP contribution in [0.25, 0.3) is 0 Å². The minimum Gasteiger partial charge on any atom is -0.475 e. The SMILES string of the molecule is COCCN1CCNCC1=O.O=C(O)C(F)(F)F.O=C(O)C(F)(F)F.O=C(O)C(F)(F)F. The number of nitrogens with zero attached hydrogens (tertiary/aromatic N) is 1. The lowest BCUT2D eigenvalue weighted by molar-refractivity contribution is -0.193. The highest BCUT2D eigenvalue weighted by atomic mass is 19.4. The Morgan fingerprint density at radius 2 is 1.19 bits per heavy atom. The predicted octanol–water partition coefficient (Wildman–Crippen LogP) is 0.965. The molecule has 0 radical (unpaired) electrons. The quantitative estimate of drug-likeness (QED) is 0.415. The van der Waals surface area contributed by atoms with Crippen molar-refractivity contribution >= 4 is 23.8 Å². The van der Waals surface area contributed by atoms with Gasteiger partial charge in [0.25, 0.3) is 0 Å². The number of carboxylic acid groups (broad SMARTS) is 3. The Bertz CT molecular complexity index is 549. The van der Waals surface area contributed by atoms with Crippen LogP contribution in [0.3, 0.4) is 0 Å². The van der Waals surface area contributed by atoms with Crippen LogP contribution in [0.2, 0.25) is 0 Å². The summed E-state index contributed by atoms with van der Waals surface area (Å²) in [6, 6.07) is 0. The van der Waals surface area contributed by atoms with Crippen LogP contribution >= 0.6 is 0 Å². The van der Waals surface area contributed by atoms with Gasteiger partial charge in [-0.05, 0) is 0 Å². The lowest BCUT2D eigenvalue weighted by Gasteiger charge is -2.26. The molecule has 1 rings (SSSR count). The molecule has 0 atom stereocenters. The fourth-order valence-corrected chi connectivity index (χ4v) is 1.08. The molecule has 0 saturated carbocycles. The van der Waals surface area contributed by atoms with Crippen molar-refractivity contribution in [2.75, 3.05) is 39.9 Å². The van der Waals surface area contributed by atoms with E-state index in [0.717, 1.165) is 19.6 Å². The highest BCUT2D eigenvalue weighted by Crippen LogP contribution is 2.14. The highest BCUT2D eigenvalue weighted by molar-refractivity contribution is 5.79. The number of hydrogen-bond donors (Lipinski definition) is 4. The van der Waals surface area contributed by atoms with Crippen LogP contribution in [0.5, 0.6) is 0 Å². The van der Waals surface area contributed by atoms with E-state index in [4.69, 9.17) is 34.4 Å². The molecule has 0 bridgehead atoms. The van der Waals surface area contributed by atoms with Crippen LogP contribution in [0, 0.1) is 0 Å². The summed E-state index contributed by atoms with van der Waals surface area (Å²) in [5.74, 6) is -8.10. The normalized spacial score (nSPS) is 13.9. The first-order chi connectivity index (χ1) is 14.2. The third kappa shape index (κ3) is 20.4. The second kappa shape index (κ2) is 15.1. The van der Waals surface area contributed by atoms with Crippen LogP contribution in [0.1, 0.15) is 0 Å². The highest BCUT2D eigenvalue weighted by Gasteiger charge is 2.39. The van der Waals surface area contributed by atoms with Crippen molar-refractivity contribution in [3.8, 4) is 0 Å². The number of piperazine rings is 1. The van der Waals surface area contributed by atoms with Gasteiger partial charge in [0, 0.05) is 26.7 Å². The van der Waals surface area contributed by atoms with E-state index in [-0.39, 0.29) is 5.91 Å². The smallest absolute Gasteiger partial charge is 0.475 e. The molecule has 1 amide bonds. The summed E-state index contributed by atoms with van der Waals surface area (Å²) < 4.78 is 100. The first-order valence-electron chi connectivity index (χ1n) is 7.55. The van der Waals surface area contributed by atoms with Crippen molar-refractivity contribution in [3.05, 3.63) is 0 Å². The van der Waals surface area contributed by atoms with Crippen molar-refractivity contribution in [3.63, 3.8) is 0 Å². The number of amides is 1. The van der Waals surface area contributed by atoms with E-state index in [1.165, 1.54) is 0 Å². The summed E-state index contributed by atoms with van der Waals surface area (Å²) in [6.07, 6.45) is -15.3. The van der Waals surface area contributed by atoms with E-state index < -0.39 is 36.4 Å².